The number of fused-ring (bicyclic) bond motifs is 1. The van der Waals surface area contributed by atoms with Crippen molar-refractivity contribution < 1.29 is 9.53 Å². The number of H-pyrrole nitrogens is 1. The lowest BCUT2D eigenvalue weighted by molar-refractivity contribution is 0.0203. The molecule has 4 heterocycles. The Balaban J connectivity index is 1.39. The molecule has 1 saturated carbocycles. The van der Waals surface area contributed by atoms with Gasteiger partial charge in [-0.25, -0.2) is 14.3 Å². The lowest BCUT2D eigenvalue weighted by Crippen LogP contribution is -2.41. The molecule has 0 spiro atoms. The molecule has 0 aromatic carbocycles. The fourth-order valence-corrected chi connectivity index (χ4v) is 5.03. The monoisotopic (exact) mass is 441 g/mol. The maximum atomic E-state index is 12.5. The molecule has 0 atom stereocenters. The summed E-state index contributed by atoms with van der Waals surface area (Å²) >= 11 is 1.60. The Bertz CT molecular complexity index is 1180. The van der Waals surface area contributed by atoms with Crippen LogP contribution in [0.15, 0.2) is 22.4 Å². The van der Waals surface area contributed by atoms with Crippen molar-refractivity contribution in [3.63, 3.8) is 0 Å². The van der Waals surface area contributed by atoms with E-state index in [-0.39, 0.29) is 17.6 Å². The van der Waals surface area contributed by atoms with E-state index in [2.05, 4.69) is 15.5 Å². The van der Waals surface area contributed by atoms with E-state index in [4.69, 9.17) is 9.72 Å². The van der Waals surface area contributed by atoms with Crippen LogP contribution in [0, 0.1) is 0 Å². The topological polar surface area (TPSA) is 92.6 Å². The number of hydrogen-bond acceptors (Lipinski definition) is 6. The van der Waals surface area contributed by atoms with Crippen LogP contribution in [0.25, 0.3) is 16.2 Å². The molecule has 9 heteroatoms. The third-order valence-electron chi connectivity index (χ3n) is 5.85. The first kappa shape index (κ1) is 20.2. The highest BCUT2D eigenvalue weighted by molar-refractivity contribution is 7.13. The van der Waals surface area contributed by atoms with Gasteiger partial charge in [0.05, 0.1) is 23.1 Å². The number of thiazole rings is 1. The van der Waals surface area contributed by atoms with Crippen molar-refractivity contribution in [3.05, 3.63) is 39.4 Å². The molecular formula is C22H27N5O3S. The number of nitrogens with zero attached hydrogens (tertiary/aromatic N) is 4. The largest absolute Gasteiger partial charge is 0.444 e. The van der Waals surface area contributed by atoms with Crippen molar-refractivity contribution in [3.8, 4) is 10.6 Å². The Morgan fingerprint density at radius 2 is 1.94 bits per heavy atom. The van der Waals surface area contributed by atoms with E-state index in [1.165, 1.54) is 12.8 Å². The van der Waals surface area contributed by atoms with Gasteiger partial charge in [-0.15, -0.1) is 11.3 Å². The van der Waals surface area contributed by atoms with Crippen LogP contribution < -0.4 is 5.56 Å². The average molecular weight is 442 g/mol. The number of aromatic nitrogens is 4. The van der Waals surface area contributed by atoms with Crippen molar-refractivity contribution in [2.45, 2.75) is 63.9 Å². The summed E-state index contributed by atoms with van der Waals surface area (Å²) in [6.07, 6.45) is 5.45. The van der Waals surface area contributed by atoms with Crippen molar-refractivity contribution >= 4 is 23.1 Å². The van der Waals surface area contributed by atoms with Gasteiger partial charge >= 0.3 is 6.09 Å². The van der Waals surface area contributed by atoms with E-state index in [1.54, 1.807) is 28.5 Å². The van der Waals surface area contributed by atoms with Gasteiger partial charge in [-0.3, -0.25) is 4.79 Å². The molecule has 2 fully saturated rings. The summed E-state index contributed by atoms with van der Waals surface area (Å²) in [6, 6.07) is 1.63. The Labute approximate surface area is 184 Å². The van der Waals surface area contributed by atoms with Gasteiger partial charge in [0.2, 0.25) is 0 Å². The fourth-order valence-electron chi connectivity index (χ4n) is 4.12. The molecule has 0 bridgehead atoms. The molecule has 3 aromatic heterocycles. The van der Waals surface area contributed by atoms with Crippen LogP contribution in [0.3, 0.4) is 0 Å². The minimum atomic E-state index is -0.506. The maximum Gasteiger partial charge on any atom is 0.410 e. The van der Waals surface area contributed by atoms with E-state index < -0.39 is 5.60 Å². The fraction of sp³-hybridized carbons (Fsp3) is 0.545. The Morgan fingerprint density at radius 3 is 2.61 bits per heavy atom. The predicted octanol–water partition coefficient (Wildman–Crippen LogP) is 4.14. The molecule has 1 aliphatic heterocycles. The Hall–Kier alpha value is -2.68. The summed E-state index contributed by atoms with van der Waals surface area (Å²) in [5, 5.41) is 7.60. The summed E-state index contributed by atoms with van der Waals surface area (Å²) in [7, 11) is 0. The average Bonchev–Trinajstić information content (AvgIpc) is 3.29. The highest BCUT2D eigenvalue weighted by Gasteiger charge is 2.30. The van der Waals surface area contributed by atoms with Gasteiger partial charge in [0.25, 0.3) is 5.56 Å². The van der Waals surface area contributed by atoms with E-state index in [0.717, 1.165) is 34.8 Å². The summed E-state index contributed by atoms with van der Waals surface area (Å²) in [5.41, 5.74) is 2.93. The Morgan fingerprint density at radius 1 is 1.19 bits per heavy atom. The van der Waals surface area contributed by atoms with Crippen LogP contribution in [0.5, 0.6) is 0 Å². The van der Waals surface area contributed by atoms with Crippen LogP contribution in [-0.4, -0.2) is 49.3 Å². The number of piperidine rings is 1. The second-order valence-corrected chi connectivity index (χ2v) is 10.3. The standard InChI is InChI=1S/C22H27N5O3S/c1-22(2,3)30-21(29)26-8-6-14(7-9-26)17-10-18(28)25-19-15(11-23-27(17)19)20-24-16(12-31-20)13-4-5-13/h10-14H,4-9H2,1-3H3,(H,25,28). The quantitative estimate of drug-likeness (QED) is 0.659. The number of likely N-dealkylation sites (tertiary alicyclic amines) is 1. The number of aromatic amines is 1. The molecule has 0 unspecified atom stereocenters. The van der Waals surface area contributed by atoms with Crippen LogP contribution >= 0.6 is 11.3 Å². The molecule has 5 rings (SSSR count). The first-order chi connectivity index (χ1) is 14.8. The van der Waals surface area contributed by atoms with Gasteiger partial charge in [0.15, 0.2) is 0 Å². The number of carbonyl (C=O) groups excluding carboxylic acids is 1. The molecule has 1 N–H and O–H groups in total. The first-order valence-corrected chi connectivity index (χ1v) is 11.7. The number of rotatable bonds is 3. The highest BCUT2D eigenvalue weighted by Crippen LogP contribution is 2.42. The number of amides is 1. The number of carbonyl (C=O) groups is 1. The van der Waals surface area contributed by atoms with E-state index >= 15 is 0 Å². The molecule has 1 aliphatic carbocycles. The normalized spacial score (nSPS) is 18.0. The second-order valence-electron chi connectivity index (χ2n) is 9.47. The summed E-state index contributed by atoms with van der Waals surface area (Å²) in [5.74, 6) is 0.742. The van der Waals surface area contributed by atoms with Crippen molar-refractivity contribution in [2.24, 2.45) is 0 Å². The lowest BCUT2D eigenvalue weighted by atomic mass is 9.93. The zero-order valence-corrected chi connectivity index (χ0v) is 18.9. The van der Waals surface area contributed by atoms with Gasteiger partial charge in [0, 0.05) is 36.4 Å². The number of nitrogens with one attached hydrogen (secondary N) is 1. The molecule has 1 saturated heterocycles. The van der Waals surface area contributed by atoms with Crippen LogP contribution in [0.2, 0.25) is 0 Å². The highest BCUT2D eigenvalue weighted by atomic mass is 32.1. The van der Waals surface area contributed by atoms with E-state index in [1.807, 2.05) is 25.3 Å². The van der Waals surface area contributed by atoms with Gasteiger partial charge < -0.3 is 14.6 Å². The zero-order valence-electron chi connectivity index (χ0n) is 18.1. The third-order valence-corrected chi connectivity index (χ3v) is 6.74. The smallest absolute Gasteiger partial charge is 0.410 e. The molecule has 2 aliphatic rings. The minimum Gasteiger partial charge on any atom is -0.444 e. The van der Waals surface area contributed by atoms with Crippen molar-refractivity contribution in [2.75, 3.05) is 13.1 Å². The zero-order chi connectivity index (χ0) is 21.8. The van der Waals surface area contributed by atoms with Crippen LogP contribution in [0.1, 0.15) is 69.7 Å². The summed E-state index contributed by atoms with van der Waals surface area (Å²) in [4.78, 5) is 34.3. The lowest BCUT2D eigenvalue weighted by Gasteiger charge is -2.33. The molecular weight excluding hydrogens is 414 g/mol. The first-order valence-electron chi connectivity index (χ1n) is 10.8. The second kappa shape index (κ2) is 7.47. The van der Waals surface area contributed by atoms with Gasteiger partial charge in [0.1, 0.15) is 16.3 Å². The van der Waals surface area contributed by atoms with E-state index in [9.17, 15) is 9.59 Å². The van der Waals surface area contributed by atoms with Crippen molar-refractivity contribution in [1.82, 2.24) is 24.5 Å². The van der Waals surface area contributed by atoms with Crippen LogP contribution in [-0.2, 0) is 4.74 Å². The molecule has 0 radical (unpaired) electrons. The maximum absolute atomic E-state index is 12.5. The molecule has 8 nitrogen and oxygen atoms in total. The molecule has 3 aromatic rings. The molecule has 164 valence electrons. The van der Waals surface area contributed by atoms with Gasteiger partial charge in [-0.2, -0.15) is 5.10 Å². The molecule has 31 heavy (non-hydrogen) atoms. The van der Waals surface area contributed by atoms with Crippen molar-refractivity contribution in [1.29, 1.82) is 0 Å². The summed E-state index contributed by atoms with van der Waals surface area (Å²) < 4.78 is 7.33. The number of ether oxygens (including phenoxy) is 1. The third kappa shape index (κ3) is 4.11. The summed E-state index contributed by atoms with van der Waals surface area (Å²) in [6.45, 7) is 6.81. The number of hydrogen-bond donors (Lipinski definition) is 1. The Kier molecular flexibility index (Phi) is 4.88. The predicted molar refractivity (Wildman–Crippen MR) is 119 cm³/mol. The minimum absolute atomic E-state index is 0.141. The van der Waals surface area contributed by atoms with Crippen LogP contribution in [0.4, 0.5) is 4.79 Å². The SMILES string of the molecule is CC(C)(C)OC(=O)N1CCC(c2cc(=O)[nH]c3c(-c4nc(C5CC5)cs4)cnn23)CC1. The van der Waals surface area contributed by atoms with Gasteiger partial charge in [-0.1, -0.05) is 0 Å². The van der Waals surface area contributed by atoms with Gasteiger partial charge in [-0.05, 0) is 46.5 Å². The molecule has 1 amide bonds. The van der Waals surface area contributed by atoms with E-state index in [0.29, 0.717) is 24.7 Å².